The maximum Gasteiger partial charge on any atom is 0.323 e. The van der Waals surface area contributed by atoms with Crippen molar-refractivity contribution in [3.05, 3.63) is 35.6 Å². The molecule has 1 fully saturated rings. The Hall–Kier alpha value is -2.44. The van der Waals surface area contributed by atoms with E-state index in [1.54, 1.807) is 23.1 Å². The van der Waals surface area contributed by atoms with Crippen molar-refractivity contribution in [3.63, 3.8) is 0 Å². The van der Waals surface area contributed by atoms with E-state index in [0.717, 1.165) is 0 Å². The Balaban J connectivity index is 1.96. The summed E-state index contributed by atoms with van der Waals surface area (Å²) in [6.07, 6.45) is 2.14. The molecule has 1 saturated heterocycles. The van der Waals surface area contributed by atoms with E-state index in [2.05, 4.69) is 0 Å². The second-order valence-electron chi connectivity index (χ2n) is 7.13. The van der Waals surface area contributed by atoms with Gasteiger partial charge in [-0.15, -0.1) is 0 Å². The molecule has 0 bridgehead atoms. The molecule has 2 atom stereocenters. The lowest BCUT2D eigenvalue weighted by Crippen LogP contribution is -2.43. The second kappa shape index (κ2) is 9.48. The van der Waals surface area contributed by atoms with E-state index < -0.39 is 5.97 Å². The van der Waals surface area contributed by atoms with Crippen LogP contribution in [0.1, 0.15) is 51.0 Å². The van der Waals surface area contributed by atoms with Gasteiger partial charge < -0.3 is 14.9 Å². The number of carbonyl (C=O) groups excluding carboxylic acids is 2. The molecule has 6 nitrogen and oxygen atoms in total. The number of benzene rings is 1. The normalized spacial score (nSPS) is 18.5. The zero-order valence-corrected chi connectivity index (χ0v) is 15.9. The molecule has 0 aliphatic carbocycles. The lowest BCUT2D eigenvalue weighted by Gasteiger charge is -2.29. The van der Waals surface area contributed by atoms with Gasteiger partial charge in [0.25, 0.3) is 0 Å². The summed E-state index contributed by atoms with van der Waals surface area (Å²) in [5, 5.41) is 9.01. The number of halogens is 1. The molecule has 1 heterocycles. The average Bonchev–Trinajstić information content (AvgIpc) is 2.85. The molecular weight excluding hydrogens is 351 g/mol. The fraction of sp³-hybridized carbons (Fsp3) is 0.550. The van der Waals surface area contributed by atoms with Gasteiger partial charge in [0.1, 0.15) is 12.4 Å². The van der Waals surface area contributed by atoms with Gasteiger partial charge in [0.2, 0.25) is 11.8 Å². The van der Waals surface area contributed by atoms with Crippen LogP contribution >= 0.6 is 0 Å². The largest absolute Gasteiger partial charge is 0.480 e. The Morgan fingerprint density at radius 2 is 1.96 bits per heavy atom. The average molecular weight is 378 g/mol. The number of amides is 2. The van der Waals surface area contributed by atoms with Crippen LogP contribution in [0.5, 0.6) is 0 Å². The topological polar surface area (TPSA) is 77.9 Å². The van der Waals surface area contributed by atoms with Gasteiger partial charge >= 0.3 is 5.97 Å². The number of hydrogen-bond donors (Lipinski definition) is 1. The number of nitrogens with zero attached hydrogens (tertiary/aromatic N) is 2. The maximum atomic E-state index is 13.9. The number of hydrogen-bond acceptors (Lipinski definition) is 3. The van der Waals surface area contributed by atoms with Crippen LogP contribution in [-0.4, -0.2) is 58.4 Å². The zero-order chi connectivity index (χ0) is 20.0. The number of rotatable bonds is 6. The first-order chi connectivity index (χ1) is 12.8. The molecule has 1 aromatic carbocycles. The number of carboxylic acid groups (broad SMARTS) is 1. The van der Waals surface area contributed by atoms with Crippen LogP contribution in [0, 0.1) is 5.82 Å². The number of carboxylic acids is 1. The van der Waals surface area contributed by atoms with Gasteiger partial charge in [-0.25, -0.2) is 4.39 Å². The van der Waals surface area contributed by atoms with Crippen molar-refractivity contribution in [1.82, 2.24) is 9.80 Å². The Morgan fingerprint density at radius 3 is 2.59 bits per heavy atom. The van der Waals surface area contributed by atoms with Gasteiger partial charge in [0, 0.05) is 32.5 Å². The van der Waals surface area contributed by atoms with E-state index in [0.29, 0.717) is 37.9 Å². The molecule has 1 aliphatic rings. The van der Waals surface area contributed by atoms with Crippen LogP contribution in [0.4, 0.5) is 4.39 Å². The summed E-state index contributed by atoms with van der Waals surface area (Å²) in [6, 6.07) is 6.29. The predicted molar refractivity (Wildman–Crippen MR) is 98.7 cm³/mol. The quantitative estimate of drug-likeness (QED) is 0.825. The smallest absolute Gasteiger partial charge is 0.323 e. The third-order valence-corrected chi connectivity index (χ3v) is 5.12. The van der Waals surface area contributed by atoms with Crippen molar-refractivity contribution in [2.45, 2.75) is 51.5 Å². The Labute approximate surface area is 158 Å². The molecule has 0 aromatic heterocycles. The van der Waals surface area contributed by atoms with Crippen molar-refractivity contribution in [3.8, 4) is 0 Å². The van der Waals surface area contributed by atoms with Crippen LogP contribution in [-0.2, 0) is 14.4 Å². The second-order valence-corrected chi connectivity index (χ2v) is 7.13. The molecule has 7 heteroatoms. The Bertz CT molecular complexity index is 694. The van der Waals surface area contributed by atoms with Crippen molar-refractivity contribution in [2.75, 3.05) is 19.6 Å². The van der Waals surface area contributed by atoms with Gasteiger partial charge in [-0.3, -0.25) is 14.4 Å². The number of carbonyl (C=O) groups is 3. The van der Waals surface area contributed by atoms with E-state index in [4.69, 9.17) is 5.11 Å². The van der Waals surface area contributed by atoms with Crippen LogP contribution in [0.15, 0.2) is 24.3 Å². The third kappa shape index (κ3) is 5.77. The molecule has 1 aliphatic heterocycles. The first-order valence-electron chi connectivity index (χ1n) is 9.30. The number of aliphatic carboxylic acids is 1. The minimum Gasteiger partial charge on any atom is -0.480 e. The molecule has 27 heavy (non-hydrogen) atoms. The molecule has 1 aromatic rings. The zero-order valence-electron chi connectivity index (χ0n) is 15.9. The van der Waals surface area contributed by atoms with Gasteiger partial charge in [0.15, 0.2) is 0 Å². The van der Waals surface area contributed by atoms with Crippen LogP contribution < -0.4 is 0 Å². The highest BCUT2D eigenvalue weighted by molar-refractivity contribution is 5.80. The van der Waals surface area contributed by atoms with Gasteiger partial charge in [-0.1, -0.05) is 25.1 Å². The first-order valence-corrected chi connectivity index (χ1v) is 9.30. The summed E-state index contributed by atoms with van der Waals surface area (Å²) in [4.78, 5) is 38.6. The van der Waals surface area contributed by atoms with Crippen LogP contribution in [0.2, 0.25) is 0 Å². The SMILES string of the molecule is CC(=O)N(CC(=O)O)[C@H]1CCCN(C(=O)C[C@@H](C)c2ccccc2F)CC1. The third-order valence-electron chi connectivity index (χ3n) is 5.12. The van der Waals surface area contributed by atoms with E-state index in [9.17, 15) is 18.8 Å². The summed E-state index contributed by atoms with van der Waals surface area (Å²) >= 11 is 0. The van der Waals surface area contributed by atoms with Crippen molar-refractivity contribution in [2.24, 2.45) is 0 Å². The fourth-order valence-corrected chi connectivity index (χ4v) is 3.66. The van der Waals surface area contributed by atoms with E-state index in [1.807, 2.05) is 6.92 Å². The summed E-state index contributed by atoms with van der Waals surface area (Å²) in [7, 11) is 0. The minimum absolute atomic E-state index is 0.0426. The molecule has 2 amide bonds. The standard InChI is InChI=1S/C20H27FN2O4/c1-14(17-7-3-4-8-18(17)21)12-19(25)22-10-5-6-16(9-11-22)23(15(2)24)13-20(26)27/h3-4,7-8,14,16H,5-6,9-13H2,1-2H3,(H,26,27)/t14-,16+/m1/s1. The summed E-state index contributed by atoms with van der Waals surface area (Å²) in [5.41, 5.74) is 0.530. The Kier molecular flexibility index (Phi) is 7.33. The van der Waals surface area contributed by atoms with Crippen LogP contribution in [0.25, 0.3) is 0 Å². The highest BCUT2D eigenvalue weighted by Crippen LogP contribution is 2.24. The molecular formula is C20H27FN2O4. The molecule has 2 rings (SSSR count). The van der Waals surface area contributed by atoms with E-state index in [1.165, 1.54) is 17.9 Å². The summed E-state index contributed by atoms with van der Waals surface area (Å²) < 4.78 is 13.9. The number of likely N-dealkylation sites (tertiary alicyclic amines) is 1. The van der Waals surface area contributed by atoms with E-state index in [-0.39, 0.29) is 42.6 Å². The van der Waals surface area contributed by atoms with Gasteiger partial charge in [0.05, 0.1) is 0 Å². The molecule has 1 N–H and O–H groups in total. The fourth-order valence-electron chi connectivity index (χ4n) is 3.66. The van der Waals surface area contributed by atoms with E-state index >= 15 is 0 Å². The van der Waals surface area contributed by atoms with Gasteiger partial charge in [-0.05, 0) is 36.8 Å². The minimum atomic E-state index is -1.04. The highest BCUT2D eigenvalue weighted by atomic mass is 19.1. The molecule has 148 valence electrons. The van der Waals surface area contributed by atoms with Crippen molar-refractivity contribution in [1.29, 1.82) is 0 Å². The van der Waals surface area contributed by atoms with Crippen LogP contribution in [0.3, 0.4) is 0 Å². The van der Waals surface area contributed by atoms with Crippen molar-refractivity contribution < 1.29 is 23.9 Å². The lowest BCUT2D eigenvalue weighted by molar-refractivity contribution is -0.145. The van der Waals surface area contributed by atoms with Crippen molar-refractivity contribution >= 4 is 17.8 Å². The molecule has 0 unspecified atom stereocenters. The first kappa shape index (κ1) is 20.9. The predicted octanol–water partition coefficient (Wildman–Crippen LogP) is 2.63. The molecule has 0 saturated carbocycles. The van der Waals surface area contributed by atoms with Gasteiger partial charge in [-0.2, -0.15) is 0 Å². The maximum absolute atomic E-state index is 13.9. The monoisotopic (exact) mass is 378 g/mol. The molecule has 0 radical (unpaired) electrons. The lowest BCUT2D eigenvalue weighted by atomic mass is 9.96. The summed E-state index contributed by atoms with van der Waals surface area (Å²) in [5.74, 6) is -1.88. The Morgan fingerprint density at radius 1 is 1.26 bits per heavy atom. The summed E-state index contributed by atoms with van der Waals surface area (Å²) in [6.45, 7) is 3.92. The highest BCUT2D eigenvalue weighted by Gasteiger charge is 2.28. The molecule has 0 spiro atoms.